The molecule has 4 heterocycles. The highest BCUT2D eigenvalue weighted by atomic mass is 15.6. The fourth-order valence-corrected chi connectivity index (χ4v) is 2.77. The van der Waals surface area contributed by atoms with Crippen LogP contribution in [0.2, 0.25) is 0 Å². The zero-order valence-electron chi connectivity index (χ0n) is 10.8. The first-order chi connectivity index (χ1) is 9.92. The van der Waals surface area contributed by atoms with E-state index in [1.54, 1.807) is 6.20 Å². The summed E-state index contributed by atoms with van der Waals surface area (Å²) in [4.78, 5) is 2.29. The van der Waals surface area contributed by atoms with E-state index in [4.69, 9.17) is 0 Å². The quantitative estimate of drug-likeness (QED) is 0.746. The lowest BCUT2D eigenvalue weighted by molar-refractivity contribution is 0.458. The van der Waals surface area contributed by atoms with E-state index in [1.165, 1.54) is 17.5 Å². The third-order valence-electron chi connectivity index (χ3n) is 3.73. The van der Waals surface area contributed by atoms with Gasteiger partial charge in [0, 0.05) is 12.7 Å². The standard InChI is InChI=1S/C12H14N8/c1-2-8-19(10(3-1)9-6-7-13-14-9)12-5-4-11-15-17-18-20(11)16-12/h4-7,10H,1-3,8H2,(H,13,14). The van der Waals surface area contributed by atoms with Crippen molar-refractivity contribution in [1.29, 1.82) is 0 Å². The number of aromatic amines is 1. The van der Waals surface area contributed by atoms with Gasteiger partial charge in [-0.1, -0.05) is 0 Å². The van der Waals surface area contributed by atoms with Crippen LogP contribution in [0.15, 0.2) is 24.4 Å². The minimum absolute atomic E-state index is 0.285. The van der Waals surface area contributed by atoms with Gasteiger partial charge >= 0.3 is 0 Å². The van der Waals surface area contributed by atoms with Gasteiger partial charge in [-0.15, -0.1) is 14.8 Å². The van der Waals surface area contributed by atoms with Crippen molar-refractivity contribution < 1.29 is 0 Å². The molecule has 0 spiro atoms. The van der Waals surface area contributed by atoms with Crippen LogP contribution >= 0.6 is 0 Å². The maximum Gasteiger partial charge on any atom is 0.200 e. The zero-order valence-corrected chi connectivity index (χ0v) is 10.8. The van der Waals surface area contributed by atoms with Crippen molar-refractivity contribution in [3.8, 4) is 0 Å². The van der Waals surface area contributed by atoms with Gasteiger partial charge in [-0.2, -0.15) is 5.10 Å². The predicted octanol–water partition coefficient (Wildman–Crippen LogP) is 0.974. The molecule has 0 aliphatic carbocycles. The molecule has 1 unspecified atom stereocenters. The topological polar surface area (TPSA) is 87.9 Å². The number of fused-ring (bicyclic) bond motifs is 1. The van der Waals surface area contributed by atoms with E-state index in [1.807, 2.05) is 18.2 Å². The summed E-state index contributed by atoms with van der Waals surface area (Å²) in [6.07, 6.45) is 5.27. The Bertz CT molecular complexity index is 703. The highest BCUT2D eigenvalue weighted by Gasteiger charge is 2.26. The average molecular weight is 270 g/mol. The minimum Gasteiger partial charge on any atom is -0.347 e. The molecule has 0 radical (unpaired) electrons. The summed E-state index contributed by atoms with van der Waals surface area (Å²) in [7, 11) is 0. The summed E-state index contributed by atoms with van der Waals surface area (Å²) in [5, 5.41) is 23.0. The third-order valence-corrected chi connectivity index (χ3v) is 3.73. The Labute approximate surface area is 114 Å². The first kappa shape index (κ1) is 11.3. The van der Waals surface area contributed by atoms with Crippen LogP contribution in [0.5, 0.6) is 0 Å². The minimum atomic E-state index is 0.285. The third kappa shape index (κ3) is 1.80. The van der Waals surface area contributed by atoms with Crippen LogP contribution in [0.25, 0.3) is 5.65 Å². The van der Waals surface area contributed by atoms with Crippen molar-refractivity contribution in [3.63, 3.8) is 0 Å². The van der Waals surface area contributed by atoms with Crippen LogP contribution in [0, 0.1) is 0 Å². The van der Waals surface area contributed by atoms with Crippen LogP contribution in [0.3, 0.4) is 0 Å². The molecule has 3 aromatic heterocycles. The number of hydrogen-bond acceptors (Lipinski definition) is 6. The predicted molar refractivity (Wildman–Crippen MR) is 71.1 cm³/mol. The second-order valence-electron chi connectivity index (χ2n) is 4.94. The molecule has 1 N–H and O–H groups in total. The molecule has 4 rings (SSSR count). The molecule has 20 heavy (non-hydrogen) atoms. The second kappa shape index (κ2) is 4.55. The molecular weight excluding hydrogens is 256 g/mol. The van der Waals surface area contributed by atoms with Crippen molar-refractivity contribution >= 4 is 11.5 Å². The van der Waals surface area contributed by atoms with Gasteiger partial charge in [0.15, 0.2) is 11.5 Å². The Morgan fingerprint density at radius 2 is 2.20 bits per heavy atom. The number of hydrogen-bond donors (Lipinski definition) is 1. The van der Waals surface area contributed by atoms with Gasteiger partial charge in [0.05, 0.1) is 11.7 Å². The number of anilines is 1. The van der Waals surface area contributed by atoms with Gasteiger partial charge in [0.1, 0.15) is 0 Å². The zero-order chi connectivity index (χ0) is 13.4. The molecule has 0 saturated carbocycles. The largest absolute Gasteiger partial charge is 0.347 e. The lowest BCUT2D eigenvalue weighted by Crippen LogP contribution is -2.34. The molecular formula is C12H14N8. The molecule has 1 aliphatic rings. The summed E-state index contributed by atoms with van der Waals surface area (Å²) in [5.41, 5.74) is 1.78. The highest BCUT2D eigenvalue weighted by Crippen LogP contribution is 2.32. The van der Waals surface area contributed by atoms with Crippen LogP contribution in [-0.4, -0.2) is 42.0 Å². The normalized spacial score (nSPS) is 19.6. The molecule has 0 aromatic carbocycles. The smallest absolute Gasteiger partial charge is 0.200 e. The second-order valence-corrected chi connectivity index (χ2v) is 4.94. The van der Waals surface area contributed by atoms with Crippen LogP contribution in [0.4, 0.5) is 5.82 Å². The lowest BCUT2D eigenvalue weighted by atomic mass is 9.99. The number of H-pyrrole nitrogens is 1. The van der Waals surface area contributed by atoms with Crippen LogP contribution in [0.1, 0.15) is 31.0 Å². The molecule has 3 aromatic rings. The van der Waals surface area contributed by atoms with E-state index >= 15 is 0 Å². The SMILES string of the molecule is c1cc(C2CCCCN2c2ccc3nnnn3n2)[nH]n1. The summed E-state index contributed by atoms with van der Waals surface area (Å²) < 4.78 is 1.47. The van der Waals surface area contributed by atoms with E-state index in [9.17, 15) is 0 Å². The van der Waals surface area contributed by atoms with Gasteiger partial charge in [-0.25, -0.2) is 0 Å². The summed E-state index contributed by atoms with van der Waals surface area (Å²) in [5.74, 6) is 0.893. The van der Waals surface area contributed by atoms with Crippen molar-refractivity contribution in [1.82, 2.24) is 35.5 Å². The molecule has 0 amide bonds. The molecule has 1 atom stereocenters. The first-order valence-electron chi connectivity index (χ1n) is 6.73. The van der Waals surface area contributed by atoms with Crippen molar-refractivity contribution in [2.75, 3.05) is 11.4 Å². The van der Waals surface area contributed by atoms with Crippen molar-refractivity contribution in [3.05, 3.63) is 30.1 Å². The van der Waals surface area contributed by atoms with Crippen molar-refractivity contribution in [2.45, 2.75) is 25.3 Å². The van der Waals surface area contributed by atoms with Gasteiger partial charge in [0.25, 0.3) is 0 Å². The first-order valence-corrected chi connectivity index (χ1v) is 6.73. The monoisotopic (exact) mass is 270 g/mol. The van der Waals surface area contributed by atoms with E-state index in [2.05, 4.69) is 35.7 Å². The van der Waals surface area contributed by atoms with Crippen LogP contribution in [-0.2, 0) is 0 Å². The number of tetrazole rings is 1. The number of piperidine rings is 1. The molecule has 1 saturated heterocycles. The maximum absolute atomic E-state index is 4.49. The van der Waals surface area contributed by atoms with E-state index in [0.29, 0.717) is 5.65 Å². The fraction of sp³-hybridized carbons (Fsp3) is 0.417. The van der Waals surface area contributed by atoms with Gasteiger partial charge < -0.3 is 4.90 Å². The average Bonchev–Trinajstić information content (AvgIpc) is 3.18. The molecule has 0 bridgehead atoms. The summed E-state index contributed by atoms with van der Waals surface area (Å²) in [6, 6.07) is 6.17. The van der Waals surface area contributed by atoms with Crippen LogP contribution < -0.4 is 4.90 Å². The Morgan fingerprint density at radius 1 is 1.20 bits per heavy atom. The summed E-state index contributed by atoms with van der Waals surface area (Å²) in [6.45, 7) is 0.977. The van der Waals surface area contributed by atoms with E-state index < -0.39 is 0 Å². The Hall–Kier alpha value is -2.51. The number of nitrogens with one attached hydrogen (secondary N) is 1. The van der Waals surface area contributed by atoms with Gasteiger partial charge in [-0.3, -0.25) is 5.10 Å². The fourth-order valence-electron chi connectivity index (χ4n) is 2.77. The molecule has 1 aliphatic heterocycles. The Morgan fingerprint density at radius 3 is 3.10 bits per heavy atom. The van der Waals surface area contributed by atoms with E-state index in [-0.39, 0.29) is 6.04 Å². The number of aromatic nitrogens is 7. The Kier molecular flexibility index (Phi) is 2.58. The summed E-state index contributed by atoms with van der Waals surface area (Å²) >= 11 is 0. The lowest BCUT2D eigenvalue weighted by Gasteiger charge is -2.35. The highest BCUT2D eigenvalue weighted by molar-refractivity contribution is 5.46. The molecule has 1 fully saturated rings. The number of nitrogens with zero attached hydrogens (tertiary/aromatic N) is 7. The van der Waals surface area contributed by atoms with Crippen molar-refractivity contribution in [2.24, 2.45) is 0 Å². The van der Waals surface area contributed by atoms with Gasteiger partial charge in [-0.05, 0) is 47.9 Å². The Balaban J connectivity index is 1.73. The molecule has 102 valence electrons. The maximum atomic E-state index is 4.49. The number of rotatable bonds is 2. The van der Waals surface area contributed by atoms with E-state index in [0.717, 1.165) is 24.5 Å². The molecule has 8 heteroatoms. The van der Waals surface area contributed by atoms with Gasteiger partial charge in [0.2, 0.25) is 0 Å². The molecule has 8 nitrogen and oxygen atoms in total.